The predicted molar refractivity (Wildman–Crippen MR) is 78.9 cm³/mol. The molecule has 0 radical (unpaired) electrons. The zero-order valence-electron chi connectivity index (χ0n) is 12.5. The van der Waals surface area contributed by atoms with Gasteiger partial charge < -0.3 is 15.8 Å². The Kier molecular flexibility index (Phi) is 4.23. The fraction of sp³-hybridized carbons (Fsp3) is 0.562. The van der Waals surface area contributed by atoms with E-state index in [0.717, 1.165) is 19.3 Å². The van der Waals surface area contributed by atoms with Gasteiger partial charge in [0, 0.05) is 11.7 Å². The van der Waals surface area contributed by atoms with Crippen molar-refractivity contribution < 1.29 is 22.7 Å². The Morgan fingerprint density at radius 1 is 1.22 bits per heavy atom. The molecule has 0 heterocycles. The lowest BCUT2D eigenvalue weighted by Crippen LogP contribution is -2.42. The molecule has 1 aromatic carbocycles. The van der Waals surface area contributed by atoms with Crippen molar-refractivity contribution in [2.24, 2.45) is 23.5 Å². The molecular weight excluding hydrogens is 309 g/mol. The van der Waals surface area contributed by atoms with Crippen LogP contribution < -0.4 is 15.8 Å². The van der Waals surface area contributed by atoms with E-state index in [0.29, 0.717) is 17.5 Å². The quantitative estimate of drug-likeness (QED) is 0.893. The van der Waals surface area contributed by atoms with Crippen LogP contribution in [-0.2, 0) is 4.79 Å². The number of hydrogen-bond acceptors (Lipinski definition) is 3. The van der Waals surface area contributed by atoms with Crippen molar-refractivity contribution in [1.82, 2.24) is 0 Å². The Hall–Kier alpha value is -1.76. The van der Waals surface area contributed by atoms with Crippen LogP contribution in [0.5, 0.6) is 5.75 Å². The van der Waals surface area contributed by atoms with E-state index in [9.17, 15) is 18.0 Å². The van der Waals surface area contributed by atoms with Crippen LogP contribution in [0.4, 0.5) is 18.9 Å². The monoisotopic (exact) mass is 328 g/mol. The number of nitrogens with one attached hydrogen (secondary N) is 1. The minimum absolute atomic E-state index is 0.0943. The van der Waals surface area contributed by atoms with Gasteiger partial charge in [0.25, 0.3) is 0 Å². The molecule has 23 heavy (non-hydrogen) atoms. The molecule has 0 spiro atoms. The molecule has 2 fully saturated rings. The molecule has 2 saturated carbocycles. The second-order valence-corrected chi connectivity index (χ2v) is 6.35. The number of hydrogen-bond donors (Lipinski definition) is 2. The number of benzene rings is 1. The average molecular weight is 328 g/mol. The molecule has 126 valence electrons. The third-order valence-corrected chi connectivity index (χ3v) is 4.81. The summed E-state index contributed by atoms with van der Waals surface area (Å²) in [5.41, 5.74) is 6.67. The number of carbonyl (C=O) groups is 1. The number of amides is 1. The summed E-state index contributed by atoms with van der Waals surface area (Å²) in [6.07, 6.45) is -1.21. The molecule has 1 amide bonds. The molecule has 7 heteroatoms. The maximum Gasteiger partial charge on any atom is 0.422 e. The molecule has 3 rings (SSSR count). The lowest BCUT2D eigenvalue weighted by atomic mass is 9.84. The molecule has 2 aliphatic rings. The number of halogens is 3. The third kappa shape index (κ3) is 3.60. The van der Waals surface area contributed by atoms with Crippen LogP contribution in [-0.4, -0.2) is 24.7 Å². The van der Waals surface area contributed by atoms with E-state index in [1.165, 1.54) is 24.3 Å². The number of rotatable bonds is 4. The number of anilines is 1. The highest BCUT2D eigenvalue weighted by atomic mass is 19.4. The molecule has 0 saturated heterocycles. The van der Waals surface area contributed by atoms with E-state index in [1.54, 1.807) is 0 Å². The molecule has 2 bridgehead atoms. The van der Waals surface area contributed by atoms with Crippen molar-refractivity contribution in [3.8, 4) is 5.75 Å². The molecule has 3 N–H and O–H groups in total. The summed E-state index contributed by atoms with van der Waals surface area (Å²) in [6, 6.07) is 5.78. The van der Waals surface area contributed by atoms with E-state index in [1.807, 2.05) is 0 Å². The first-order valence-corrected chi connectivity index (χ1v) is 7.69. The standard InChI is InChI=1S/C16H19F3N2O2/c17-16(18,19)8-23-12-5-3-11(4-6-12)21-15(22)13-9-1-2-10(7-9)14(13)20/h3-6,9-10,13-14H,1-2,7-8,20H2,(H,21,22). The summed E-state index contributed by atoms with van der Waals surface area (Å²) in [4.78, 5) is 12.4. The van der Waals surface area contributed by atoms with Crippen LogP contribution in [0.2, 0.25) is 0 Å². The Labute approximate surface area is 132 Å². The Morgan fingerprint density at radius 3 is 2.43 bits per heavy atom. The van der Waals surface area contributed by atoms with Gasteiger partial charge in [-0.2, -0.15) is 13.2 Å². The molecular formula is C16H19F3N2O2. The SMILES string of the molecule is NC1C2CCC(C2)C1C(=O)Nc1ccc(OCC(F)(F)F)cc1. The normalized spacial score (nSPS) is 29.6. The average Bonchev–Trinajstić information content (AvgIpc) is 3.06. The van der Waals surface area contributed by atoms with Crippen molar-refractivity contribution in [1.29, 1.82) is 0 Å². The fourth-order valence-electron chi connectivity index (χ4n) is 3.75. The number of nitrogens with two attached hydrogens (primary N) is 1. The van der Waals surface area contributed by atoms with Crippen LogP contribution in [0.1, 0.15) is 19.3 Å². The molecule has 4 unspecified atom stereocenters. The molecule has 0 aromatic heterocycles. The Balaban J connectivity index is 1.57. The van der Waals surface area contributed by atoms with Gasteiger partial charge in [0.05, 0.1) is 5.92 Å². The van der Waals surface area contributed by atoms with Crippen LogP contribution in [0.3, 0.4) is 0 Å². The lowest BCUT2D eigenvalue weighted by Gasteiger charge is -2.27. The van der Waals surface area contributed by atoms with E-state index >= 15 is 0 Å². The second kappa shape index (κ2) is 6.03. The van der Waals surface area contributed by atoms with Crippen molar-refractivity contribution in [2.45, 2.75) is 31.5 Å². The summed E-state index contributed by atoms with van der Waals surface area (Å²) < 4.78 is 40.9. The van der Waals surface area contributed by atoms with Crippen LogP contribution in [0.25, 0.3) is 0 Å². The van der Waals surface area contributed by atoms with E-state index in [-0.39, 0.29) is 23.6 Å². The smallest absolute Gasteiger partial charge is 0.422 e. The van der Waals surface area contributed by atoms with Crippen LogP contribution in [0, 0.1) is 17.8 Å². The van der Waals surface area contributed by atoms with Crippen LogP contribution >= 0.6 is 0 Å². The largest absolute Gasteiger partial charge is 0.484 e. The lowest BCUT2D eigenvalue weighted by molar-refractivity contribution is -0.153. The van der Waals surface area contributed by atoms with Gasteiger partial charge in [-0.05, 0) is 55.4 Å². The van der Waals surface area contributed by atoms with Gasteiger partial charge in [0.1, 0.15) is 5.75 Å². The van der Waals surface area contributed by atoms with E-state index < -0.39 is 12.8 Å². The second-order valence-electron chi connectivity index (χ2n) is 6.35. The highest BCUT2D eigenvalue weighted by molar-refractivity contribution is 5.93. The van der Waals surface area contributed by atoms with E-state index in [2.05, 4.69) is 10.1 Å². The van der Waals surface area contributed by atoms with Crippen molar-refractivity contribution in [3.05, 3.63) is 24.3 Å². The molecule has 4 atom stereocenters. The predicted octanol–water partition coefficient (Wildman–Crippen LogP) is 2.94. The fourth-order valence-corrected chi connectivity index (χ4v) is 3.75. The van der Waals surface area contributed by atoms with Gasteiger partial charge in [-0.25, -0.2) is 0 Å². The van der Waals surface area contributed by atoms with Gasteiger partial charge in [-0.15, -0.1) is 0 Å². The third-order valence-electron chi connectivity index (χ3n) is 4.81. The molecule has 1 aromatic rings. The number of carbonyl (C=O) groups excluding carboxylic acids is 1. The molecule has 2 aliphatic carbocycles. The number of fused-ring (bicyclic) bond motifs is 2. The summed E-state index contributed by atoms with van der Waals surface area (Å²) in [5.74, 6) is 0.624. The summed E-state index contributed by atoms with van der Waals surface area (Å²) >= 11 is 0. The van der Waals surface area contributed by atoms with Gasteiger partial charge in [-0.3, -0.25) is 4.79 Å². The van der Waals surface area contributed by atoms with E-state index in [4.69, 9.17) is 5.73 Å². The zero-order valence-corrected chi connectivity index (χ0v) is 12.5. The first-order valence-electron chi connectivity index (χ1n) is 7.69. The van der Waals surface area contributed by atoms with Crippen molar-refractivity contribution >= 4 is 11.6 Å². The van der Waals surface area contributed by atoms with Crippen molar-refractivity contribution in [2.75, 3.05) is 11.9 Å². The summed E-state index contributed by atoms with van der Waals surface area (Å²) in [7, 11) is 0. The minimum atomic E-state index is -4.37. The molecule has 4 nitrogen and oxygen atoms in total. The topological polar surface area (TPSA) is 64.4 Å². The molecule has 0 aliphatic heterocycles. The summed E-state index contributed by atoms with van der Waals surface area (Å²) in [5, 5.41) is 2.80. The van der Waals surface area contributed by atoms with Gasteiger partial charge >= 0.3 is 6.18 Å². The first kappa shape index (κ1) is 16.1. The minimum Gasteiger partial charge on any atom is -0.484 e. The highest BCUT2D eigenvalue weighted by Gasteiger charge is 2.49. The maximum absolute atomic E-state index is 12.4. The number of alkyl halides is 3. The first-order chi connectivity index (χ1) is 10.8. The van der Waals surface area contributed by atoms with Crippen molar-refractivity contribution in [3.63, 3.8) is 0 Å². The van der Waals surface area contributed by atoms with Gasteiger partial charge in [0.15, 0.2) is 6.61 Å². The van der Waals surface area contributed by atoms with Crippen LogP contribution in [0.15, 0.2) is 24.3 Å². The van der Waals surface area contributed by atoms with Gasteiger partial charge in [0.2, 0.25) is 5.91 Å². The summed E-state index contributed by atoms with van der Waals surface area (Å²) in [6.45, 7) is -1.33. The Morgan fingerprint density at radius 2 is 1.87 bits per heavy atom. The zero-order chi connectivity index (χ0) is 16.6. The highest BCUT2D eigenvalue weighted by Crippen LogP contribution is 2.47. The Bertz CT molecular complexity index is 572. The van der Waals surface area contributed by atoms with Gasteiger partial charge in [-0.1, -0.05) is 0 Å². The maximum atomic E-state index is 12.4. The number of ether oxygens (including phenoxy) is 1.